The number of anilines is 1. The Labute approximate surface area is 175 Å². The average Bonchev–Trinajstić information content (AvgIpc) is 3.05. The fraction of sp³-hybridized carbons (Fsp3) is 0.222. The molecular formula is C18H17ClF2N4O3S. The fourth-order valence-electron chi connectivity index (χ4n) is 2.55. The molecule has 11 heteroatoms. The SMILES string of the molecule is CN(C)CCN(C(=O)c1cccc([N+](=O)[O-])c1)c1nc2c(F)cc(F)cc2s1.Cl. The first kappa shape index (κ1) is 22.6. The van der Waals surface area contributed by atoms with Crippen LogP contribution in [0, 0.1) is 21.7 Å². The highest BCUT2D eigenvalue weighted by molar-refractivity contribution is 7.22. The van der Waals surface area contributed by atoms with E-state index < -0.39 is 22.5 Å². The van der Waals surface area contributed by atoms with E-state index >= 15 is 0 Å². The standard InChI is InChI=1S/C18H16F2N4O3S.ClH/c1-22(2)6-7-23(17(25)11-4-3-5-13(8-11)24(26)27)18-21-16-14(20)9-12(19)10-15(16)28-18;/h3-5,8-10H,6-7H2,1-2H3;1H. The molecule has 29 heavy (non-hydrogen) atoms. The third-order valence-electron chi connectivity index (χ3n) is 3.95. The van der Waals surface area contributed by atoms with Gasteiger partial charge in [-0.05, 0) is 26.2 Å². The van der Waals surface area contributed by atoms with Crippen molar-refractivity contribution in [3.05, 3.63) is 63.7 Å². The number of thiazole rings is 1. The number of nitro benzene ring substituents is 1. The van der Waals surface area contributed by atoms with Gasteiger partial charge in [0.25, 0.3) is 11.6 Å². The van der Waals surface area contributed by atoms with Gasteiger partial charge >= 0.3 is 0 Å². The molecule has 3 rings (SSSR count). The van der Waals surface area contributed by atoms with Crippen LogP contribution in [0.25, 0.3) is 10.2 Å². The molecule has 0 saturated heterocycles. The van der Waals surface area contributed by atoms with Gasteiger partial charge in [-0.15, -0.1) is 12.4 Å². The van der Waals surface area contributed by atoms with Gasteiger partial charge in [0, 0.05) is 36.9 Å². The smallest absolute Gasteiger partial charge is 0.270 e. The average molecular weight is 443 g/mol. The highest BCUT2D eigenvalue weighted by atomic mass is 35.5. The van der Waals surface area contributed by atoms with Crippen molar-refractivity contribution in [2.75, 3.05) is 32.1 Å². The normalized spacial score (nSPS) is 10.8. The molecule has 0 aliphatic rings. The van der Waals surface area contributed by atoms with E-state index in [9.17, 15) is 23.7 Å². The summed E-state index contributed by atoms with van der Waals surface area (Å²) in [4.78, 5) is 30.8. The maximum Gasteiger partial charge on any atom is 0.270 e. The second kappa shape index (κ2) is 9.21. The van der Waals surface area contributed by atoms with E-state index in [-0.39, 0.29) is 45.6 Å². The summed E-state index contributed by atoms with van der Waals surface area (Å²) in [7, 11) is 3.65. The number of likely N-dealkylation sites (N-methyl/N-ethyl adjacent to an activating group) is 1. The molecule has 0 N–H and O–H groups in total. The second-order valence-electron chi connectivity index (χ2n) is 6.30. The molecule has 1 amide bonds. The van der Waals surface area contributed by atoms with Crippen LogP contribution in [0.5, 0.6) is 0 Å². The van der Waals surface area contributed by atoms with Crippen LogP contribution in [0.1, 0.15) is 10.4 Å². The Morgan fingerprint density at radius 2 is 1.93 bits per heavy atom. The van der Waals surface area contributed by atoms with Crippen molar-refractivity contribution in [1.29, 1.82) is 0 Å². The van der Waals surface area contributed by atoms with Crippen LogP contribution in [0.2, 0.25) is 0 Å². The molecule has 154 valence electrons. The van der Waals surface area contributed by atoms with Gasteiger partial charge in [-0.25, -0.2) is 13.8 Å². The molecule has 0 bridgehead atoms. The molecule has 1 heterocycles. The van der Waals surface area contributed by atoms with Gasteiger partial charge in [-0.3, -0.25) is 19.8 Å². The summed E-state index contributed by atoms with van der Waals surface area (Å²) in [5.41, 5.74) is -0.127. The van der Waals surface area contributed by atoms with Crippen LogP contribution in [-0.4, -0.2) is 47.9 Å². The van der Waals surface area contributed by atoms with Crippen molar-refractivity contribution in [3.8, 4) is 0 Å². The van der Waals surface area contributed by atoms with Crippen LogP contribution in [0.15, 0.2) is 36.4 Å². The summed E-state index contributed by atoms with van der Waals surface area (Å²) in [6.45, 7) is 0.700. The number of carbonyl (C=O) groups is 1. The number of non-ortho nitro benzene ring substituents is 1. The lowest BCUT2D eigenvalue weighted by molar-refractivity contribution is -0.384. The molecule has 0 unspecified atom stereocenters. The van der Waals surface area contributed by atoms with Gasteiger partial charge in [-0.1, -0.05) is 17.4 Å². The molecule has 3 aromatic rings. The number of fused-ring (bicyclic) bond motifs is 1. The number of benzene rings is 2. The highest BCUT2D eigenvalue weighted by Crippen LogP contribution is 2.32. The summed E-state index contributed by atoms with van der Waals surface area (Å²) in [6, 6.07) is 7.24. The van der Waals surface area contributed by atoms with E-state index in [1.807, 2.05) is 19.0 Å². The van der Waals surface area contributed by atoms with Crippen LogP contribution >= 0.6 is 23.7 Å². The molecule has 0 atom stereocenters. The number of halogens is 3. The number of rotatable bonds is 6. The lowest BCUT2D eigenvalue weighted by atomic mass is 10.2. The highest BCUT2D eigenvalue weighted by Gasteiger charge is 2.24. The Morgan fingerprint density at radius 1 is 1.21 bits per heavy atom. The van der Waals surface area contributed by atoms with Crippen molar-refractivity contribution >= 4 is 50.7 Å². The summed E-state index contributed by atoms with van der Waals surface area (Å²) >= 11 is 0.980. The third-order valence-corrected chi connectivity index (χ3v) is 4.98. The van der Waals surface area contributed by atoms with Crippen LogP contribution < -0.4 is 4.90 Å². The van der Waals surface area contributed by atoms with Gasteiger partial charge in [0.05, 0.1) is 9.62 Å². The zero-order chi connectivity index (χ0) is 20.4. The molecule has 0 spiro atoms. The zero-order valence-corrected chi connectivity index (χ0v) is 17.1. The minimum Gasteiger partial charge on any atom is -0.308 e. The number of nitro groups is 1. The van der Waals surface area contributed by atoms with Crippen molar-refractivity contribution in [2.24, 2.45) is 0 Å². The molecular weight excluding hydrogens is 426 g/mol. The molecule has 7 nitrogen and oxygen atoms in total. The van der Waals surface area contributed by atoms with Gasteiger partial charge in [-0.2, -0.15) is 0 Å². The van der Waals surface area contributed by atoms with Crippen molar-refractivity contribution in [1.82, 2.24) is 9.88 Å². The van der Waals surface area contributed by atoms with Crippen molar-refractivity contribution in [3.63, 3.8) is 0 Å². The predicted molar refractivity (Wildman–Crippen MR) is 110 cm³/mol. The summed E-state index contributed by atoms with van der Waals surface area (Å²) in [5.74, 6) is -2.05. The Hall–Kier alpha value is -2.69. The van der Waals surface area contributed by atoms with Gasteiger partial charge in [0.2, 0.25) is 0 Å². The Balaban J connectivity index is 0.00000300. The Kier molecular flexibility index (Phi) is 7.17. The van der Waals surface area contributed by atoms with E-state index in [0.29, 0.717) is 6.54 Å². The number of hydrogen-bond donors (Lipinski definition) is 0. The zero-order valence-electron chi connectivity index (χ0n) is 15.5. The largest absolute Gasteiger partial charge is 0.308 e. The molecule has 0 saturated carbocycles. The molecule has 1 aromatic heterocycles. The summed E-state index contributed by atoms with van der Waals surface area (Å²) < 4.78 is 27.8. The van der Waals surface area contributed by atoms with Crippen molar-refractivity contribution in [2.45, 2.75) is 0 Å². The van der Waals surface area contributed by atoms with Crippen molar-refractivity contribution < 1.29 is 18.5 Å². The van der Waals surface area contributed by atoms with Gasteiger partial charge in [0.15, 0.2) is 10.9 Å². The number of nitrogens with zero attached hydrogens (tertiary/aromatic N) is 4. The first-order valence-electron chi connectivity index (χ1n) is 8.23. The maximum atomic E-state index is 14.0. The minimum atomic E-state index is -0.812. The Morgan fingerprint density at radius 3 is 2.59 bits per heavy atom. The number of amides is 1. The molecule has 0 fully saturated rings. The fourth-order valence-corrected chi connectivity index (χ4v) is 3.58. The summed E-state index contributed by atoms with van der Waals surface area (Å²) in [5, 5.41) is 11.2. The van der Waals surface area contributed by atoms with E-state index in [0.717, 1.165) is 23.5 Å². The van der Waals surface area contributed by atoms with E-state index in [4.69, 9.17) is 0 Å². The third kappa shape index (κ3) is 5.03. The van der Waals surface area contributed by atoms with E-state index in [1.54, 1.807) is 0 Å². The molecule has 0 aliphatic heterocycles. The molecule has 0 radical (unpaired) electrons. The van der Waals surface area contributed by atoms with Gasteiger partial charge in [0.1, 0.15) is 11.3 Å². The van der Waals surface area contributed by atoms with E-state index in [2.05, 4.69) is 4.98 Å². The first-order chi connectivity index (χ1) is 13.3. The first-order valence-corrected chi connectivity index (χ1v) is 9.04. The number of aromatic nitrogens is 1. The van der Waals surface area contributed by atoms with Gasteiger partial charge < -0.3 is 4.90 Å². The van der Waals surface area contributed by atoms with E-state index in [1.165, 1.54) is 29.2 Å². The van der Waals surface area contributed by atoms with Crippen LogP contribution in [0.4, 0.5) is 19.6 Å². The van der Waals surface area contributed by atoms with Crippen LogP contribution in [0.3, 0.4) is 0 Å². The molecule has 2 aromatic carbocycles. The lowest BCUT2D eigenvalue weighted by Crippen LogP contribution is -2.36. The predicted octanol–water partition coefficient (Wildman–Crippen LogP) is 4.11. The monoisotopic (exact) mass is 442 g/mol. The minimum absolute atomic E-state index is 0. The topological polar surface area (TPSA) is 79.6 Å². The van der Waals surface area contributed by atoms with Crippen LogP contribution in [-0.2, 0) is 0 Å². The summed E-state index contributed by atoms with van der Waals surface area (Å²) in [6.07, 6.45) is 0. The number of carbonyl (C=O) groups excluding carboxylic acids is 1. The Bertz CT molecular complexity index is 1060. The second-order valence-corrected chi connectivity index (χ2v) is 7.31. The maximum absolute atomic E-state index is 14.0. The molecule has 0 aliphatic carbocycles. The number of hydrogen-bond acceptors (Lipinski definition) is 6. The quantitative estimate of drug-likeness (QED) is 0.424. The lowest BCUT2D eigenvalue weighted by Gasteiger charge is -2.22.